The molecule has 1 aliphatic carbocycles. The second-order valence-electron chi connectivity index (χ2n) is 5.33. The Bertz CT molecular complexity index is 407. The van der Waals surface area contributed by atoms with Crippen molar-refractivity contribution in [2.45, 2.75) is 55.1 Å². The Labute approximate surface area is 122 Å². The predicted molar refractivity (Wildman–Crippen MR) is 78.5 cm³/mol. The molecule has 6 heteroatoms. The lowest BCUT2D eigenvalue weighted by Gasteiger charge is -2.20. The summed E-state index contributed by atoms with van der Waals surface area (Å²) in [4.78, 5) is 4.46. The van der Waals surface area contributed by atoms with E-state index in [9.17, 15) is 5.11 Å². The molecule has 0 bridgehead atoms. The summed E-state index contributed by atoms with van der Waals surface area (Å²) < 4.78 is 5.31. The average Bonchev–Trinajstić information content (AvgIpc) is 3.06. The molecular weight excluding hydrogens is 280 g/mol. The van der Waals surface area contributed by atoms with Gasteiger partial charge < -0.3 is 9.63 Å². The first-order valence-corrected chi connectivity index (χ1v) is 9.23. The second-order valence-corrected chi connectivity index (χ2v) is 7.69. The van der Waals surface area contributed by atoms with Crippen molar-refractivity contribution in [2.24, 2.45) is 0 Å². The minimum Gasteiger partial charge on any atom is -0.391 e. The van der Waals surface area contributed by atoms with Gasteiger partial charge in [-0.2, -0.15) is 28.5 Å². The lowest BCUT2D eigenvalue weighted by atomic mass is 10.0. The Morgan fingerprint density at radius 2 is 2.11 bits per heavy atom. The number of aromatic nitrogens is 2. The molecule has 2 heterocycles. The molecule has 1 aliphatic heterocycles. The van der Waals surface area contributed by atoms with E-state index in [0.29, 0.717) is 5.89 Å². The van der Waals surface area contributed by atoms with Crippen LogP contribution in [0.2, 0.25) is 0 Å². The van der Waals surface area contributed by atoms with Crippen LogP contribution in [0.5, 0.6) is 0 Å². The highest BCUT2D eigenvalue weighted by atomic mass is 32.2. The molecule has 106 valence electrons. The topological polar surface area (TPSA) is 59.2 Å². The van der Waals surface area contributed by atoms with Gasteiger partial charge in [-0.15, -0.1) is 0 Å². The average molecular weight is 300 g/mol. The number of hydrogen-bond acceptors (Lipinski definition) is 6. The van der Waals surface area contributed by atoms with Gasteiger partial charge >= 0.3 is 0 Å². The van der Waals surface area contributed by atoms with Crippen LogP contribution in [0.25, 0.3) is 0 Å². The summed E-state index contributed by atoms with van der Waals surface area (Å²) in [7, 11) is 0. The molecule has 0 spiro atoms. The van der Waals surface area contributed by atoms with Crippen molar-refractivity contribution < 1.29 is 9.63 Å². The van der Waals surface area contributed by atoms with Crippen LogP contribution in [-0.4, -0.2) is 38.1 Å². The molecule has 2 atom stereocenters. The largest absolute Gasteiger partial charge is 0.391 e. The standard InChI is InChI=1S/C13H20N2O2S2/c16-11-7-18-6-10(11)13-14-12(15-17-13)8-19-9-4-2-1-3-5-9/h9-11,16H,1-8H2. The van der Waals surface area contributed by atoms with Gasteiger partial charge in [0.25, 0.3) is 0 Å². The smallest absolute Gasteiger partial charge is 0.233 e. The minimum absolute atomic E-state index is 0.0333. The van der Waals surface area contributed by atoms with Gasteiger partial charge in [0.15, 0.2) is 5.82 Å². The maximum Gasteiger partial charge on any atom is 0.233 e. The SMILES string of the molecule is OC1CSCC1c1nc(CSC2CCCCC2)no1. The van der Waals surface area contributed by atoms with Crippen molar-refractivity contribution in [3.8, 4) is 0 Å². The molecule has 1 aromatic rings. The van der Waals surface area contributed by atoms with E-state index in [-0.39, 0.29) is 12.0 Å². The van der Waals surface area contributed by atoms with Gasteiger partial charge in [0.1, 0.15) is 0 Å². The summed E-state index contributed by atoms with van der Waals surface area (Å²) in [5.41, 5.74) is 0. The zero-order chi connectivity index (χ0) is 13.1. The lowest BCUT2D eigenvalue weighted by Crippen LogP contribution is -2.16. The summed E-state index contributed by atoms with van der Waals surface area (Å²) in [6.07, 6.45) is 6.44. The Hall–Kier alpha value is -0.200. The van der Waals surface area contributed by atoms with Crippen LogP contribution in [0.3, 0.4) is 0 Å². The minimum atomic E-state index is -0.329. The van der Waals surface area contributed by atoms with Crippen LogP contribution in [-0.2, 0) is 5.75 Å². The number of hydrogen-bond donors (Lipinski definition) is 1. The first kappa shape index (κ1) is 13.8. The summed E-state index contributed by atoms with van der Waals surface area (Å²) in [6.45, 7) is 0. The summed E-state index contributed by atoms with van der Waals surface area (Å²) in [5, 5.41) is 14.7. The van der Waals surface area contributed by atoms with E-state index >= 15 is 0 Å². The quantitative estimate of drug-likeness (QED) is 0.922. The van der Waals surface area contributed by atoms with Crippen molar-refractivity contribution >= 4 is 23.5 Å². The van der Waals surface area contributed by atoms with Crippen LogP contribution in [0, 0.1) is 0 Å². The van der Waals surface area contributed by atoms with Gasteiger partial charge in [0.2, 0.25) is 5.89 Å². The number of thioether (sulfide) groups is 2. The van der Waals surface area contributed by atoms with Gasteiger partial charge in [-0.05, 0) is 12.8 Å². The Kier molecular flexibility index (Phi) is 4.71. The number of rotatable bonds is 4. The zero-order valence-electron chi connectivity index (χ0n) is 11.0. The molecule has 3 rings (SSSR count). The lowest BCUT2D eigenvalue weighted by molar-refractivity contribution is 0.164. The number of aliphatic hydroxyl groups excluding tert-OH is 1. The maximum atomic E-state index is 9.83. The molecular formula is C13H20N2O2S2. The summed E-state index contributed by atoms with van der Waals surface area (Å²) >= 11 is 3.70. The third kappa shape index (κ3) is 3.47. The summed E-state index contributed by atoms with van der Waals surface area (Å²) in [6, 6.07) is 0. The zero-order valence-corrected chi connectivity index (χ0v) is 12.6. The monoisotopic (exact) mass is 300 g/mol. The van der Waals surface area contributed by atoms with E-state index < -0.39 is 0 Å². The second kappa shape index (κ2) is 6.50. The fraction of sp³-hybridized carbons (Fsp3) is 0.846. The molecule has 2 aliphatic rings. The first-order chi connectivity index (χ1) is 9.33. The van der Waals surface area contributed by atoms with E-state index in [1.807, 2.05) is 11.8 Å². The third-order valence-corrected chi connectivity index (χ3v) is 6.39. The van der Waals surface area contributed by atoms with Crippen molar-refractivity contribution in [3.63, 3.8) is 0 Å². The van der Waals surface area contributed by atoms with E-state index in [4.69, 9.17) is 4.52 Å². The maximum absolute atomic E-state index is 9.83. The van der Waals surface area contributed by atoms with Gasteiger partial charge in [-0.1, -0.05) is 24.4 Å². The number of nitrogens with zero attached hydrogens (tertiary/aromatic N) is 2. The van der Waals surface area contributed by atoms with E-state index in [2.05, 4.69) is 10.1 Å². The van der Waals surface area contributed by atoms with Gasteiger partial charge in [-0.3, -0.25) is 0 Å². The third-order valence-electron chi connectivity index (χ3n) is 3.85. The van der Waals surface area contributed by atoms with E-state index in [0.717, 1.165) is 28.3 Å². The molecule has 1 N–H and O–H groups in total. The van der Waals surface area contributed by atoms with Crippen molar-refractivity contribution in [3.05, 3.63) is 11.7 Å². The van der Waals surface area contributed by atoms with Crippen LogP contribution in [0.4, 0.5) is 0 Å². The fourth-order valence-electron chi connectivity index (χ4n) is 2.68. The van der Waals surface area contributed by atoms with Crippen LogP contribution >= 0.6 is 23.5 Å². The molecule has 2 unspecified atom stereocenters. The molecule has 0 aromatic carbocycles. The van der Waals surface area contributed by atoms with Crippen LogP contribution < -0.4 is 0 Å². The molecule has 19 heavy (non-hydrogen) atoms. The van der Waals surface area contributed by atoms with Crippen molar-refractivity contribution in [1.29, 1.82) is 0 Å². The van der Waals surface area contributed by atoms with Gasteiger partial charge in [0.05, 0.1) is 17.8 Å². The highest BCUT2D eigenvalue weighted by Gasteiger charge is 2.32. The molecule has 1 saturated carbocycles. The Balaban J connectivity index is 1.52. The molecule has 4 nitrogen and oxygen atoms in total. The van der Waals surface area contributed by atoms with E-state index in [1.54, 1.807) is 11.8 Å². The fourth-order valence-corrected chi connectivity index (χ4v) is 5.08. The van der Waals surface area contributed by atoms with Crippen LogP contribution in [0.15, 0.2) is 4.52 Å². The Morgan fingerprint density at radius 1 is 1.26 bits per heavy atom. The van der Waals surface area contributed by atoms with Crippen molar-refractivity contribution in [2.75, 3.05) is 11.5 Å². The van der Waals surface area contributed by atoms with Crippen molar-refractivity contribution in [1.82, 2.24) is 10.1 Å². The molecule has 2 fully saturated rings. The molecule has 1 aromatic heterocycles. The van der Waals surface area contributed by atoms with E-state index in [1.165, 1.54) is 32.1 Å². The highest BCUT2D eigenvalue weighted by Crippen LogP contribution is 2.33. The Morgan fingerprint density at radius 3 is 2.84 bits per heavy atom. The number of aliphatic hydroxyl groups is 1. The summed E-state index contributed by atoms with van der Waals surface area (Å²) in [5.74, 6) is 3.94. The van der Waals surface area contributed by atoms with Crippen LogP contribution in [0.1, 0.15) is 49.7 Å². The molecule has 1 saturated heterocycles. The first-order valence-electron chi connectivity index (χ1n) is 7.03. The molecule has 0 radical (unpaired) electrons. The molecule has 0 amide bonds. The van der Waals surface area contributed by atoms with Gasteiger partial charge in [0, 0.05) is 16.8 Å². The predicted octanol–water partition coefficient (Wildman–Crippen LogP) is 2.83. The van der Waals surface area contributed by atoms with Gasteiger partial charge in [-0.25, -0.2) is 0 Å². The normalized spacial score (nSPS) is 28.9. The highest BCUT2D eigenvalue weighted by molar-refractivity contribution is 7.99.